The Balaban J connectivity index is 2.59. The zero-order valence-electron chi connectivity index (χ0n) is 7.58. The van der Waals surface area contributed by atoms with Gasteiger partial charge in [-0.15, -0.1) is 11.8 Å². The fraction of sp³-hybridized carbons (Fsp3) is 0.300. The third-order valence-electron chi connectivity index (χ3n) is 1.72. The van der Waals surface area contributed by atoms with Gasteiger partial charge in [0, 0.05) is 22.8 Å². The minimum absolute atomic E-state index is 0.591. The van der Waals surface area contributed by atoms with Crippen molar-refractivity contribution >= 4 is 17.4 Å². The van der Waals surface area contributed by atoms with Crippen LogP contribution in [0.15, 0.2) is 23.1 Å². The van der Waals surface area contributed by atoms with Crippen molar-refractivity contribution in [3.63, 3.8) is 0 Å². The molecule has 0 aromatic heterocycles. The third kappa shape index (κ3) is 3.00. The van der Waals surface area contributed by atoms with Crippen molar-refractivity contribution in [3.8, 4) is 6.07 Å². The zero-order valence-corrected chi connectivity index (χ0v) is 8.40. The van der Waals surface area contributed by atoms with Crippen LogP contribution >= 0.6 is 11.8 Å². The summed E-state index contributed by atoms with van der Waals surface area (Å²) < 4.78 is 0. The number of aryl methyl sites for hydroxylation is 1. The molecule has 68 valence electrons. The number of anilines is 1. The molecule has 0 atom stereocenters. The number of thioether (sulfide) groups is 1. The predicted molar refractivity (Wildman–Crippen MR) is 56.5 cm³/mol. The molecule has 0 heterocycles. The van der Waals surface area contributed by atoms with Crippen molar-refractivity contribution in [2.24, 2.45) is 0 Å². The molecule has 2 nitrogen and oxygen atoms in total. The summed E-state index contributed by atoms with van der Waals surface area (Å²) in [6.45, 7) is 1.99. The average Bonchev–Trinajstić information content (AvgIpc) is 2.12. The van der Waals surface area contributed by atoms with E-state index in [1.54, 1.807) is 11.8 Å². The molecule has 1 aromatic carbocycles. The number of nitrogens with two attached hydrogens (primary N) is 1. The number of benzene rings is 1. The highest BCUT2D eigenvalue weighted by Gasteiger charge is 1.96. The summed E-state index contributed by atoms with van der Waals surface area (Å²) in [6.07, 6.45) is 0.591. The van der Waals surface area contributed by atoms with E-state index < -0.39 is 0 Å². The van der Waals surface area contributed by atoms with E-state index in [0.717, 1.165) is 17.0 Å². The molecule has 0 bridgehead atoms. The lowest BCUT2D eigenvalue weighted by molar-refractivity contribution is 1.23. The molecule has 0 saturated heterocycles. The monoisotopic (exact) mass is 192 g/mol. The first-order valence-electron chi connectivity index (χ1n) is 4.10. The number of rotatable bonds is 3. The standard InChI is InChI=1S/C10H12N2S/c1-8-7-9(3-4-10(8)12)13-6-2-5-11/h3-4,7H,2,6,12H2,1H3. The summed E-state index contributed by atoms with van der Waals surface area (Å²) in [6, 6.07) is 8.07. The van der Waals surface area contributed by atoms with Crippen LogP contribution in [0.1, 0.15) is 12.0 Å². The van der Waals surface area contributed by atoms with Gasteiger partial charge < -0.3 is 5.73 Å². The van der Waals surface area contributed by atoms with Crippen molar-refractivity contribution in [3.05, 3.63) is 23.8 Å². The Bertz CT molecular complexity index is 328. The molecule has 2 N–H and O–H groups in total. The van der Waals surface area contributed by atoms with E-state index in [0.29, 0.717) is 6.42 Å². The first-order chi connectivity index (χ1) is 6.24. The van der Waals surface area contributed by atoms with E-state index in [-0.39, 0.29) is 0 Å². The molecule has 0 aliphatic heterocycles. The summed E-state index contributed by atoms with van der Waals surface area (Å²) in [5.74, 6) is 0.847. The Morgan fingerprint density at radius 3 is 2.92 bits per heavy atom. The fourth-order valence-electron chi connectivity index (χ4n) is 0.952. The van der Waals surface area contributed by atoms with Crippen LogP contribution in [-0.4, -0.2) is 5.75 Å². The van der Waals surface area contributed by atoms with E-state index in [1.807, 2.05) is 19.1 Å². The van der Waals surface area contributed by atoms with Gasteiger partial charge in [0.05, 0.1) is 6.07 Å². The molecule has 0 fully saturated rings. The van der Waals surface area contributed by atoms with Crippen LogP contribution in [0, 0.1) is 18.3 Å². The number of nitriles is 1. The lowest BCUT2D eigenvalue weighted by Crippen LogP contribution is -1.88. The van der Waals surface area contributed by atoms with Gasteiger partial charge in [-0.3, -0.25) is 0 Å². The zero-order chi connectivity index (χ0) is 9.68. The van der Waals surface area contributed by atoms with Crippen molar-refractivity contribution in [1.82, 2.24) is 0 Å². The molecule has 0 aliphatic rings. The van der Waals surface area contributed by atoms with E-state index in [1.165, 1.54) is 4.90 Å². The summed E-state index contributed by atoms with van der Waals surface area (Å²) in [4.78, 5) is 1.18. The van der Waals surface area contributed by atoms with Crippen LogP contribution in [0.2, 0.25) is 0 Å². The normalized spacial score (nSPS) is 9.54. The second kappa shape index (κ2) is 4.78. The quantitative estimate of drug-likeness (QED) is 0.455. The Morgan fingerprint density at radius 1 is 1.54 bits per heavy atom. The van der Waals surface area contributed by atoms with Crippen molar-refractivity contribution in [2.45, 2.75) is 18.2 Å². The van der Waals surface area contributed by atoms with Gasteiger partial charge in [0.1, 0.15) is 0 Å². The summed E-state index contributed by atoms with van der Waals surface area (Å²) in [5.41, 5.74) is 7.60. The van der Waals surface area contributed by atoms with Gasteiger partial charge in [-0.25, -0.2) is 0 Å². The maximum absolute atomic E-state index is 8.36. The molecule has 1 aromatic rings. The van der Waals surface area contributed by atoms with Gasteiger partial charge in [-0.2, -0.15) is 5.26 Å². The smallest absolute Gasteiger partial charge is 0.0630 e. The molecule has 0 radical (unpaired) electrons. The van der Waals surface area contributed by atoms with Gasteiger partial charge in [0.25, 0.3) is 0 Å². The van der Waals surface area contributed by atoms with Crippen molar-refractivity contribution < 1.29 is 0 Å². The number of hydrogen-bond acceptors (Lipinski definition) is 3. The molecule has 0 unspecified atom stereocenters. The number of hydrogen-bond donors (Lipinski definition) is 1. The Morgan fingerprint density at radius 2 is 2.31 bits per heavy atom. The number of nitrogen functional groups attached to an aromatic ring is 1. The van der Waals surface area contributed by atoms with Crippen LogP contribution in [0.4, 0.5) is 5.69 Å². The largest absolute Gasteiger partial charge is 0.399 e. The van der Waals surface area contributed by atoms with Gasteiger partial charge in [0.2, 0.25) is 0 Å². The highest BCUT2D eigenvalue weighted by atomic mass is 32.2. The third-order valence-corrected chi connectivity index (χ3v) is 2.72. The van der Waals surface area contributed by atoms with Gasteiger partial charge in [-0.05, 0) is 30.7 Å². The second-order valence-electron chi connectivity index (χ2n) is 2.77. The molecule has 0 amide bonds. The molecule has 0 spiro atoms. The topological polar surface area (TPSA) is 49.8 Å². The molecule has 1 rings (SSSR count). The SMILES string of the molecule is Cc1cc(SCCC#N)ccc1N. The Labute approximate surface area is 82.7 Å². The Hall–Kier alpha value is -1.14. The maximum atomic E-state index is 8.36. The second-order valence-corrected chi connectivity index (χ2v) is 3.94. The van der Waals surface area contributed by atoms with Crippen LogP contribution in [-0.2, 0) is 0 Å². The highest BCUT2D eigenvalue weighted by molar-refractivity contribution is 7.99. The molecule has 0 aliphatic carbocycles. The van der Waals surface area contributed by atoms with E-state index >= 15 is 0 Å². The van der Waals surface area contributed by atoms with E-state index in [2.05, 4.69) is 12.1 Å². The first kappa shape index (κ1) is 9.94. The summed E-state index contributed by atoms with van der Waals surface area (Å²) in [5, 5.41) is 8.36. The minimum Gasteiger partial charge on any atom is -0.399 e. The highest BCUT2D eigenvalue weighted by Crippen LogP contribution is 2.22. The van der Waals surface area contributed by atoms with Crippen molar-refractivity contribution in [2.75, 3.05) is 11.5 Å². The lowest BCUT2D eigenvalue weighted by atomic mass is 10.2. The van der Waals surface area contributed by atoms with Gasteiger partial charge in [-0.1, -0.05) is 0 Å². The average molecular weight is 192 g/mol. The van der Waals surface area contributed by atoms with Crippen LogP contribution in [0.3, 0.4) is 0 Å². The molecule has 0 saturated carbocycles. The van der Waals surface area contributed by atoms with E-state index in [9.17, 15) is 0 Å². The van der Waals surface area contributed by atoms with E-state index in [4.69, 9.17) is 11.0 Å². The van der Waals surface area contributed by atoms with Crippen LogP contribution in [0.25, 0.3) is 0 Å². The van der Waals surface area contributed by atoms with Crippen LogP contribution in [0.5, 0.6) is 0 Å². The van der Waals surface area contributed by atoms with Gasteiger partial charge >= 0.3 is 0 Å². The first-order valence-corrected chi connectivity index (χ1v) is 5.08. The maximum Gasteiger partial charge on any atom is 0.0630 e. The number of nitrogens with zero attached hydrogens (tertiary/aromatic N) is 1. The molecule has 13 heavy (non-hydrogen) atoms. The van der Waals surface area contributed by atoms with Crippen molar-refractivity contribution in [1.29, 1.82) is 5.26 Å². The van der Waals surface area contributed by atoms with Gasteiger partial charge in [0.15, 0.2) is 0 Å². The fourth-order valence-corrected chi connectivity index (χ4v) is 1.81. The summed E-state index contributed by atoms with van der Waals surface area (Å²) >= 11 is 1.69. The summed E-state index contributed by atoms with van der Waals surface area (Å²) in [7, 11) is 0. The predicted octanol–water partition coefficient (Wildman–Crippen LogP) is 2.58. The molecular formula is C10H12N2S. The molecular weight excluding hydrogens is 180 g/mol. The Kier molecular flexibility index (Phi) is 3.66. The minimum atomic E-state index is 0.591. The van der Waals surface area contributed by atoms with Crippen LogP contribution < -0.4 is 5.73 Å². The molecule has 3 heteroatoms. The lowest BCUT2D eigenvalue weighted by Gasteiger charge is -2.02.